The smallest absolute Gasteiger partial charge is 0.273 e. The third-order valence-electron chi connectivity index (χ3n) is 3.63. The molecule has 0 fully saturated rings. The summed E-state index contributed by atoms with van der Waals surface area (Å²) in [5.74, 6) is 0.783. The molecule has 1 aromatic heterocycles. The van der Waals surface area contributed by atoms with Crippen LogP contribution in [-0.4, -0.2) is 51.8 Å². The van der Waals surface area contributed by atoms with Crippen LogP contribution in [0.25, 0.3) is 0 Å². The quantitative estimate of drug-likeness (QED) is 0.815. The van der Waals surface area contributed by atoms with Crippen molar-refractivity contribution in [2.75, 3.05) is 20.6 Å². The Balaban J connectivity index is 2.29. The molecule has 0 aliphatic carbocycles. The van der Waals surface area contributed by atoms with E-state index in [2.05, 4.69) is 4.98 Å². The molecule has 1 atom stereocenters. The second-order valence-corrected chi connectivity index (χ2v) is 5.74. The molecule has 1 aliphatic heterocycles. The van der Waals surface area contributed by atoms with E-state index in [4.69, 9.17) is 0 Å². The number of rotatable bonds is 2. The van der Waals surface area contributed by atoms with Gasteiger partial charge in [0.05, 0.1) is 6.04 Å². The normalized spacial score (nSPS) is 18.1. The standard InChI is InChI=1S/C14H22N4O2/c1-9(2)13(19)18-7-6-17-8-11(14(20)16(4)5)15-12(17)10(18)3/h8-10H,6-7H2,1-5H3/t10-/m1/s1. The lowest BCUT2D eigenvalue weighted by molar-refractivity contribution is -0.137. The summed E-state index contributed by atoms with van der Waals surface area (Å²) in [6.07, 6.45) is 1.78. The molecule has 0 unspecified atom stereocenters. The van der Waals surface area contributed by atoms with Crippen LogP contribution in [-0.2, 0) is 11.3 Å². The number of fused-ring (bicyclic) bond motifs is 1. The van der Waals surface area contributed by atoms with Crippen molar-refractivity contribution in [2.45, 2.75) is 33.4 Å². The van der Waals surface area contributed by atoms with Gasteiger partial charge in [-0.2, -0.15) is 0 Å². The van der Waals surface area contributed by atoms with Gasteiger partial charge in [-0.3, -0.25) is 9.59 Å². The summed E-state index contributed by atoms with van der Waals surface area (Å²) in [5.41, 5.74) is 0.440. The minimum atomic E-state index is -0.110. The van der Waals surface area contributed by atoms with Crippen LogP contribution >= 0.6 is 0 Å². The van der Waals surface area contributed by atoms with E-state index in [1.54, 1.807) is 20.3 Å². The van der Waals surface area contributed by atoms with Crippen molar-refractivity contribution >= 4 is 11.8 Å². The molecule has 2 heterocycles. The van der Waals surface area contributed by atoms with Gasteiger partial charge in [0.25, 0.3) is 5.91 Å². The highest BCUT2D eigenvalue weighted by Crippen LogP contribution is 2.26. The Kier molecular flexibility index (Phi) is 3.83. The van der Waals surface area contributed by atoms with Crippen molar-refractivity contribution in [3.05, 3.63) is 17.7 Å². The van der Waals surface area contributed by atoms with Crippen LogP contribution in [0.3, 0.4) is 0 Å². The van der Waals surface area contributed by atoms with Gasteiger partial charge in [-0.05, 0) is 6.92 Å². The largest absolute Gasteiger partial charge is 0.343 e. The first-order valence-corrected chi connectivity index (χ1v) is 6.92. The van der Waals surface area contributed by atoms with Crippen molar-refractivity contribution in [2.24, 2.45) is 5.92 Å². The van der Waals surface area contributed by atoms with Crippen molar-refractivity contribution in [3.8, 4) is 0 Å². The van der Waals surface area contributed by atoms with E-state index in [-0.39, 0.29) is 23.8 Å². The van der Waals surface area contributed by atoms with Crippen LogP contribution in [0, 0.1) is 5.92 Å². The fourth-order valence-corrected chi connectivity index (χ4v) is 2.46. The Hall–Kier alpha value is -1.85. The van der Waals surface area contributed by atoms with Gasteiger partial charge in [0.1, 0.15) is 11.5 Å². The maximum Gasteiger partial charge on any atom is 0.273 e. The predicted octanol–water partition coefficient (Wildman–Crippen LogP) is 1.14. The molecule has 0 N–H and O–H groups in total. The SMILES string of the molecule is CC(C)C(=O)N1CCn2cc(C(=O)N(C)C)nc2[C@H]1C. The van der Waals surface area contributed by atoms with E-state index in [9.17, 15) is 9.59 Å². The monoisotopic (exact) mass is 278 g/mol. The summed E-state index contributed by atoms with van der Waals surface area (Å²) < 4.78 is 1.98. The van der Waals surface area contributed by atoms with E-state index in [1.807, 2.05) is 30.2 Å². The molecule has 2 rings (SSSR count). The number of imidazole rings is 1. The molecule has 6 heteroatoms. The summed E-state index contributed by atoms with van der Waals surface area (Å²) in [7, 11) is 3.41. The Bertz CT molecular complexity index is 533. The second kappa shape index (κ2) is 5.26. The molecule has 0 spiro atoms. The maximum atomic E-state index is 12.2. The Morgan fingerprint density at radius 2 is 2.00 bits per heavy atom. The van der Waals surface area contributed by atoms with Gasteiger partial charge in [0.2, 0.25) is 5.91 Å². The van der Waals surface area contributed by atoms with E-state index in [0.29, 0.717) is 18.8 Å². The highest BCUT2D eigenvalue weighted by molar-refractivity contribution is 5.91. The summed E-state index contributed by atoms with van der Waals surface area (Å²) in [6.45, 7) is 7.11. The summed E-state index contributed by atoms with van der Waals surface area (Å²) >= 11 is 0. The first-order chi connectivity index (χ1) is 9.32. The van der Waals surface area contributed by atoms with Crippen LogP contribution < -0.4 is 0 Å². The first-order valence-electron chi connectivity index (χ1n) is 6.92. The summed E-state index contributed by atoms with van der Waals surface area (Å²) in [4.78, 5) is 31.9. The molecule has 1 aromatic rings. The zero-order valence-corrected chi connectivity index (χ0v) is 12.8. The van der Waals surface area contributed by atoms with Crippen LogP contribution in [0.15, 0.2) is 6.20 Å². The predicted molar refractivity (Wildman–Crippen MR) is 75.2 cm³/mol. The third kappa shape index (κ3) is 2.42. The first kappa shape index (κ1) is 14.6. The van der Waals surface area contributed by atoms with Crippen molar-refractivity contribution in [1.82, 2.24) is 19.4 Å². The Morgan fingerprint density at radius 1 is 1.35 bits per heavy atom. The maximum absolute atomic E-state index is 12.2. The number of hydrogen-bond acceptors (Lipinski definition) is 3. The van der Waals surface area contributed by atoms with Crippen molar-refractivity contribution in [3.63, 3.8) is 0 Å². The molecule has 2 amide bonds. The minimum Gasteiger partial charge on any atom is -0.343 e. The lowest BCUT2D eigenvalue weighted by Crippen LogP contribution is -2.42. The Labute approximate surface area is 119 Å². The van der Waals surface area contributed by atoms with Crippen LogP contribution in [0.2, 0.25) is 0 Å². The highest BCUT2D eigenvalue weighted by atomic mass is 16.2. The fraction of sp³-hybridized carbons (Fsp3) is 0.643. The number of carbonyl (C=O) groups excluding carboxylic acids is 2. The van der Waals surface area contributed by atoms with Crippen molar-refractivity contribution < 1.29 is 9.59 Å². The number of aromatic nitrogens is 2. The number of nitrogens with zero attached hydrogens (tertiary/aromatic N) is 4. The van der Waals surface area contributed by atoms with Gasteiger partial charge in [-0.15, -0.1) is 0 Å². The zero-order chi connectivity index (χ0) is 15.0. The topological polar surface area (TPSA) is 58.4 Å². The molecule has 0 aromatic carbocycles. The second-order valence-electron chi connectivity index (χ2n) is 5.74. The average Bonchev–Trinajstić information content (AvgIpc) is 2.82. The number of amides is 2. The molecular weight excluding hydrogens is 256 g/mol. The molecule has 20 heavy (non-hydrogen) atoms. The summed E-state index contributed by atoms with van der Waals surface area (Å²) in [5, 5.41) is 0. The molecular formula is C14H22N4O2. The van der Waals surface area contributed by atoms with Crippen LogP contribution in [0.5, 0.6) is 0 Å². The number of hydrogen-bond donors (Lipinski definition) is 0. The summed E-state index contributed by atoms with van der Waals surface area (Å²) in [6, 6.07) is -0.0950. The van der Waals surface area contributed by atoms with E-state index >= 15 is 0 Å². The van der Waals surface area contributed by atoms with Gasteiger partial charge >= 0.3 is 0 Å². The molecule has 0 saturated carbocycles. The molecule has 0 saturated heterocycles. The zero-order valence-electron chi connectivity index (χ0n) is 12.8. The highest BCUT2D eigenvalue weighted by Gasteiger charge is 2.31. The lowest BCUT2D eigenvalue weighted by Gasteiger charge is -2.34. The van der Waals surface area contributed by atoms with Crippen LogP contribution in [0.1, 0.15) is 43.1 Å². The van der Waals surface area contributed by atoms with Gasteiger partial charge < -0.3 is 14.4 Å². The molecule has 1 aliphatic rings. The van der Waals surface area contributed by atoms with Crippen LogP contribution in [0.4, 0.5) is 0 Å². The minimum absolute atomic E-state index is 0.0261. The van der Waals surface area contributed by atoms with E-state index in [0.717, 1.165) is 5.82 Å². The third-order valence-corrected chi connectivity index (χ3v) is 3.63. The van der Waals surface area contributed by atoms with Crippen molar-refractivity contribution in [1.29, 1.82) is 0 Å². The molecule has 0 radical (unpaired) electrons. The van der Waals surface area contributed by atoms with Gasteiger partial charge in [-0.1, -0.05) is 13.8 Å². The molecule has 110 valence electrons. The molecule has 6 nitrogen and oxygen atoms in total. The van der Waals surface area contributed by atoms with Gasteiger partial charge in [0, 0.05) is 39.3 Å². The Morgan fingerprint density at radius 3 is 2.55 bits per heavy atom. The van der Waals surface area contributed by atoms with Gasteiger partial charge in [-0.25, -0.2) is 4.98 Å². The van der Waals surface area contributed by atoms with Gasteiger partial charge in [0.15, 0.2) is 0 Å². The lowest BCUT2D eigenvalue weighted by atomic mass is 10.1. The fourth-order valence-electron chi connectivity index (χ4n) is 2.46. The van der Waals surface area contributed by atoms with E-state index < -0.39 is 0 Å². The number of carbonyl (C=O) groups is 2. The average molecular weight is 278 g/mol. The molecule has 0 bridgehead atoms. The van der Waals surface area contributed by atoms with E-state index in [1.165, 1.54) is 4.90 Å².